The van der Waals surface area contributed by atoms with Crippen molar-refractivity contribution >= 4 is 14.1 Å². The van der Waals surface area contributed by atoms with E-state index < -0.39 is 13.7 Å². The number of carbonyl (C=O) groups is 1. The van der Waals surface area contributed by atoms with Crippen LogP contribution in [0.25, 0.3) is 0 Å². The predicted molar refractivity (Wildman–Crippen MR) is 104 cm³/mol. The van der Waals surface area contributed by atoms with E-state index >= 15 is 0 Å². The summed E-state index contributed by atoms with van der Waals surface area (Å²) in [5, 5.41) is 0. The van der Waals surface area contributed by atoms with Crippen LogP contribution in [-0.4, -0.2) is 14.1 Å². The number of Topliss-reactive ketones (excluding diaryl/α,β-unsaturated/α-hetero) is 1. The van der Waals surface area contributed by atoms with Gasteiger partial charge < -0.3 is 4.43 Å². The third-order valence-electron chi connectivity index (χ3n) is 5.46. The maximum Gasteiger partial charge on any atom is 0.184 e. The molecule has 0 bridgehead atoms. The van der Waals surface area contributed by atoms with Crippen LogP contribution in [0.4, 0.5) is 0 Å². The molecule has 0 radical (unpaired) electrons. The minimum absolute atomic E-state index is 0.126. The van der Waals surface area contributed by atoms with Crippen LogP contribution in [0.5, 0.6) is 0 Å². The van der Waals surface area contributed by atoms with Gasteiger partial charge in [0, 0.05) is 6.42 Å². The molecule has 1 aromatic rings. The number of hydrogen-bond donors (Lipinski definition) is 0. The molecular formula is C21H34O2Si. The molecule has 0 heterocycles. The molecule has 0 aliphatic heterocycles. The minimum atomic E-state index is -1.77. The summed E-state index contributed by atoms with van der Waals surface area (Å²) in [6.45, 7) is 15.5. The van der Waals surface area contributed by atoms with Crippen LogP contribution >= 0.6 is 0 Å². The SMILES string of the molecule is CC(C)(C)[C@H]1CC[C@@](C)([C@@H](O[Si](C)(C)C)c2ccccc2)C(=O)C1. The van der Waals surface area contributed by atoms with Gasteiger partial charge in [-0.25, -0.2) is 0 Å². The van der Waals surface area contributed by atoms with Gasteiger partial charge in [-0.3, -0.25) is 4.79 Å². The van der Waals surface area contributed by atoms with Crippen LogP contribution in [0.2, 0.25) is 19.6 Å². The molecule has 3 atom stereocenters. The number of benzene rings is 1. The second kappa shape index (κ2) is 6.76. The lowest BCUT2D eigenvalue weighted by atomic mass is 9.61. The van der Waals surface area contributed by atoms with Gasteiger partial charge in [0.15, 0.2) is 8.32 Å². The monoisotopic (exact) mass is 346 g/mol. The molecule has 3 heteroatoms. The van der Waals surface area contributed by atoms with Crippen LogP contribution < -0.4 is 0 Å². The zero-order chi connectivity index (χ0) is 18.2. The van der Waals surface area contributed by atoms with Crippen LogP contribution in [0.15, 0.2) is 30.3 Å². The lowest BCUT2D eigenvalue weighted by Gasteiger charge is -2.46. The summed E-state index contributed by atoms with van der Waals surface area (Å²) in [6.07, 6.45) is 2.57. The van der Waals surface area contributed by atoms with E-state index in [9.17, 15) is 4.79 Å². The summed E-state index contributed by atoms with van der Waals surface area (Å²) in [5.74, 6) is 0.849. The molecular weight excluding hydrogens is 312 g/mol. The first kappa shape index (κ1) is 19.4. The number of rotatable bonds is 4. The Bertz CT molecular complexity index is 568. The zero-order valence-corrected chi connectivity index (χ0v) is 17.5. The maximum atomic E-state index is 13.2. The van der Waals surface area contributed by atoms with Crippen molar-refractivity contribution in [1.29, 1.82) is 0 Å². The Labute approximate surface area is 149 Å². The Balaban J connectivity index is 2.34. The second-order valence-electron chi connectivity index (χ2n) is 9.67. The Kier molecular flexibility index (Phi) is 5.46. The fraction of sp³-hybridized carbons (Fsp3) is 0.667. The van der Waals surface area contributed by atoms with Gasteiger partial charge >= 0.3 is 0 Å². The summed E-state index contributed by atoms with van der Waals surface area (Å²) in [4.78, 5) is 13.2. The number of ketones is 1. The molecule has 0 unspecified atom stereocenters. The Hall–Kier alpha value is -0.933. The molecule has 24 heavy (non-hydrogen) atoms. The highest BCUT2D eigenvalue weighted by atomic mass is 28.4. The van der Waals surface area contributed by atoms with Gasteiger partial charge in [0.1, 0.15) is 5.78 Å². The Morgan fingerprint density at radius 3 is 2.21 bits per heavy atom. The molecule has 1 fully saturated rings. The fourth-order valence-electron chi connectivity index (χ4n) is 3.74. The average molecular weight is 347 g/mol. The molecule has 0 aromatic heterocycles. The maximum absolute atomic E-state index is 13.2. The molecule has 1 aliphatic carbocycles. The minimum Gasteiger partial charge on any atom is -0.410 e. The summed E-state index contributed by atoms with van der Waals surface area (Å²) < 4.78 is 6.58. The van der Waals surface area contributed by atoms with E-state index in [4.69, 9.17) is 4.43 Å². The topological polar surface area (TPSA) is 26.3 Å². The van der Waals surface area contributed by atoms with Gasteiger partial charge in [-0.05, 0) is 56.3 Å². The van der Waals surface area contributed by atoms with Crippen molar-refractivity contribution in [2.24, 2.45) is 16.7 Å². The first-order valence-corrected chi connectivity index (χ1v) is 12.6. The summed E-state index contributed by atoms with van der Waals surface area (Å²) in [7, 11) is -1.77. The van der Waals surface area contributed by atoms with E-state index in [0.29, 0.717) is 18.1 Å². The van der Waals surface area contributed by atoms with Crippen molar-refractivity contribution in [2.45, 2.75) is 72.7 Å². The van der Waals surface area contributed by atoms with Crippen molar-refractivity contribution in [1.82, 2.24) is 0 Å². The average Bonchev–Trinajstić information content (AvgIpc) is 2.46. The van der Waals surface area contributed by atoms with Crippen molar-refractivity contribution in [3.05, 3.63) is 35.9 Å². The molecule has 1 saturated carbocycles. The van der Waals surface area contributed by atoms with Crippen LogP contribution in [-0.2, 0) is 9.22 Å². The standard InChI is InChI=1S/C21H34O2Si/c1-20(2,3)17-13-14-21(4,18(22)15-17)19(23-24(5,6)7)16-11-9-8-10-12-16/h8-12,17,19H,13-15H2,1-7H3/t17-,19-,21+/m0/s1. The molecule has 1 aromatic carbocycles. The lowest BCUT2D eigenvalue weighted by molar-refractivity contribution is -0.141. The van der Waals surface area contributed by atoms with E-state index in [0.717, 1.165) is 18.4 Å². The zero-order valence-electron chi connectivity index (χ0n) is 16.5. The third kappa shape index (κ3) is 4.37. The van der Waals surface area contributed by atoms with Crippen molar-refractivity contribution in [3.63, 3.8) is 0 Å². The van der Waals surface area contributed by atoms with Gasteiger partial charge in [0.2, 0.25) is 0 Å². The molecule has 0 N–H and O–H groups in total. The molecule has 0 spiro atoms. The molecule has 2 nitrogen and oxygen atoms in total. The Morgan fingerprint density at radius 1 is 1.17 bits per heavy atom. The highest BCUT2D eigenvalue weighted by molar-refractivity contribution is 6.69. The van der Waals surface area contributed by atoms with Crippen molar-refractivity contribution in [3.8, 4) is 0 Å². The van der Waals surface area contributed by atoms with Crippen molar-refractivity contribution < 1.29 is 9.22 Å². The molecule has 2 rings (SSSR count). The van der Waals surface area contributed by atoms with Gasteiger partial charge in [-0.2, -0.15) is 0 Å². The van der Waals surface area contributed by atoms with E-state index in [2.05, 4.69) is 59.5 Å². The van der Waals surface area contributed by atoms with E-state index in [-0.39, 0.29) is 11.5 Å². The van der Waals surface area contributed by atoms with Gasteiger partial charge in [0.25, 0.3) is 0 Å². The van der Waals surface area contributed by atoms with Crippen LogP contribution in [0.3, 0.4) is 0 Å². The van der Waals surface area contributed by atoms with Gasteiger partial charge in [-0.15, -0.1) is 0 Å². The normalized spacial score (nSPS) is 27.1. The molecule has 134 valence electrons. The third-order valence-corrected chi connectivity index (χ3v) is 6.40. The molecule has 1 aliphatic rings. The van der Waals surface area contributed by atoms with E-state index in [1.165, 1.54) is 0 Å². The highest BCUT2D eigenvalue weighted by Gasteiger charge is 2.48. The largest absolute Gasteiger partial charge is 0.410 e. The smallest absolute Gasteiger partial charge is 0.184 e. The number of hydrogen-bond acceptors (Lipinski definition) is 2. The summed E-state index contributed by atoms with van der Waals surface area (Å²) in [5.41, 5.74) is 0.924. The second-order valence-corrected chi connectivity index (χ2v) is 14.1. The predicted octanol–water partition coefficient (Wildman–Crippen LogP) is 6.00. The number of carbonyl (C=O) groups excluding carboxylic acids is 1. The quantitative estimate of drug-likeness (QED) is 0.625. The van der Waals surface area contributed by atoms with Gasteiger partial charge in [0.05, 0.1) is 11.5 Å². The summed E-state index contributed by atoms with van der Waals surface area (Å²) in [6, 6.07) is 10.3. The Morgan fingerprint density at radius 2 is 1.75 bits per heavy atom. The van der Waals surface area contributed by atoms with Crippen LogP contribution in [0, 0.1) is 16.7 Å². The van der Waals surface area contributed by atoms with E-state index in [1.807, 2.05) is 18.2 Å². The fourth-order valence-corrected chi connectivity index (χ4v) is 4.84. The van der Waals surface area contributed by atoms with Crippen molar-refractivity contribution in [2.75, 3.05) is 0 Å². The summed E-state index contributed by atoms with van der Waals surface area (Å²) >= 11 is 0. The first-order chi connectivity index (χ1) is 10.9. The molecule has 0 saturated heterocycles. The highest BCUT2D eigenvalue weighted by Crippen LogP contribution is 2.50. The first-order valence-electron chi connectivity index (χ1n) is 9.19. The lowest BCUT2D eigenvalue weighted by Crippen LogP contribution is -2.45. The van der Waals surface area contributed by atoms with Gasteiger partial charge in [-0.1, -0.05) is 51.1 Å². The van der Waals surface area contributed by atoms with E-state index in [1.54, 1.807) is 0 Å². The van der Waals surface area contributed by atoms with Crippen LogP contribution in [0.1, 0.15) is 58.6 Å². The molecule has 0 amide bonds.